The molecule has 0 aromatic carbocycles. The van der Waals surface area contributed by atoms with Gasteiger partial charge in [0.1, 0.15) is 0 Å². The van der Waals surface area contributed by atoms with Gasteiger partial charge in [0.2, 0.25) is 5.95 Å². The Morgan fingerprint density at radius 3 is 3.00 bits per heavy atom. The molecule has 0 amide bonds. The van der Waals surface area contributed by atoms with Crippen molar-refractivity contribution in [2.45, 2.75) is 39.3 Å². The molecule has 1 aliphatic heterocycles. The van der Waals surface area contributed by atoms with E-state index >= 15 is 0 Å². The zero-order valence-corrected chi connectivity index (χ0v) is 11.5. The Bertz CT molecular complexity index is 408. The number of hydrogen-bond acceptors (Lipinski definition) is 3. The highest BCUT2D eigenvalue weighted by Crippen LogP contribution is 2.25. The van der Waals surface area contributed by atoms with Crippen LogP contribution in [0.15, 0.2) is 18.9 Å². The number of aryl methyl sites for hydroxylation is 1. The molecule has 0 saturated carbocycles. The van der Waals surface area contributed by atoms with Crippen LogP contribution in [0.5, 0.6) is 0 Å². The van der Waals surface area contributed by atoms with Gasteiger partial charge in [0.05, 0.1) is 5.69 Å². The number of nitrogens with zero attached hydrogens (tertiary/aromatic N) is 3. The molecule has 0 bridgehead atoms. The molecule has 0 spiro atoms. The summed E-state index contributed by atoms with van der Waals surface area (Å²) in [4.78, 5) is 7.08. The Morgan fingerprint density at radius 2 is 2.44 bits per heavy atom. The van der Waals surface area contributed by atoms with Crippen LogP contribution in [0, 0.1) is 5.92 Å². The smallest absolute Gasteiger partial charge is 0.206 e. The van der Waals surface area contributed by atoms with Gasteiger partial charge in [-0.1, -0.05) is 13.0 Å². The Labute approximate surface area is 109 Å². The minimum atomic E-state index is 0.267. The maximum Gasteiger partial charge on any atom is 0.206 e. The molecule has 4 nitrogen and oxygen atoms in total. The van der Waals surface area contributed by atoms with Gasteiger partial charge in [-0.3, -0.25) is 0 Å². The third-order valence-electron chi connectivity index (χ3n) is 3.74. The number of nitrogens with two attached hydrogens (primary N) is 1. The lowest BCUT2D eigenvalue weighted by atomic mass is 10.0. The minimum Gasteiger partial charge on any atom is -0.342 e. The molecular formula is C14H24N4. The lowest BCUT2D eigenvalue weighted by Gasteiger charge is -2.19. The van der Waals surface area contributed by atoms with Crippen LogP contribution in [-0.2, 0) is 13.0 Å². The van der Waals surface area contributed by atoms with E-state index < -0.39 is 0 Å². The summed E-state index contributed by atoms with van der Waals surface area (Å²) in [6.45, 7) is 11.0. The first-order valence-corrected chi connectivity index (χ1v) is 6.83. The van der Waals surface area contributed by atoms with Crippen LogP contribution in [0.4, 0.5) is 5.95 Å². The summed E-state index contributed by atoms with van der Waals surface area (Å²) in [6.07, 6.45) is 6.20. The van der Waals surface area contributed by atoms with E-state index in [9.17, 15) is 0 Å². The fraction of sp³-hybridized carbons (Fsp3) is 0.643. The second-order valence-electron chi connectivity index (χ2n) is 5.18. The molecule has 4 heteroatoms. The zero-order valence-electron chi connectivity index (χ0n) is 11.5. The molecule has 0 radical (unpaired) electrons. The fourth-order valence-electron chi connectivity index (χ4n) is 2.55. The van der Waals surface area contributed by atoms with Crippen molar-refractivity contribution in [3.63, 3.8) is 0 Å². The number of anilines is 1. The molecule has 2 atom stereocenters. The van der Waals surface area contributed by atoms with Crippen molar-refractivity contribution in [3.05, 3.63) is 24.5 Å². The van der Waals surface area contributed by atoms with E-state index in [0.717, 1.165) is 37.7 Å². The normalized spacial score (nSPS) is 21.3. The maximum absolute atomic E-state index is 6.00. The lowest BCUT2D eigenvalue weighted by Crippen LogP contribution is -2.30. The van der Waals surface area contributed by atoms with Gasteiger partial charge >= 0.3 is 0 Å². The van der Waals surface area contributed by atoms with Crippen LogP contribution in [0.25, 0.3) is 0 Å². The molecule has 18 heavy (non-hydrogen) atoms. The molecular weight excluding hydrogens is 224 g/mol. The van der Waals surface area contributed by atoms with Crippen molar-refractivity contribution >= 4 is 5.95 Å². The molecule has 0 aliphatic carbocycles. The van der Waals surface area contributed by atoms with Gasteiger partial charge in [0.25, 0.3) is 0 Å². The number of rotatable bonds is 5. The topological polar surface area (TPSA) is 47.1 Å². The SMILES string of the molecule is C=CCn1cc(CC)nc1N1CCC(C(C)N)C1. The van der Waals surface area contributed by atoms with Crippen LogP contribution in [0.2, 0.25) is 0 Å². The molecule has 1 aromatic heterocycles. The largest absolute Gasteiger partial charge is 0.342 e. The summed E-state index contributed by atoms with van der Waals surface area (Å²) in [6, 6.07) is 0.267. The summed E-state index contributed by atoms with van der Waals surface area (Å²) in [5, 5.41) is 0. The lowest BCUT2D eigenvalue weighted by molar-refractivity contribution is 0.487. The van der Waals surface area contributed by atoms with E-state index in [1.54, 1.807) is 0 Å². The first-order valence-electron chi connectivity index (χ1n) is 6.83. The van der Waals surface area contributed by atoms with Gasteiger partial charge in [0.15, 0.2) is 0 Å². The average Bonchev–Trinajstić information content (AvgIpc) is 2.94. The van der Waals surface area contributed by atoms with Gasteiger partial charge in [-0.25, -0.2) is 4.98 Å². The highest BCUT2D eigenvalue weighted by molar-refractivity contribution is 5.35. The van der Waals surface area contributed by atoms with Crippen molar-refractivity contribution in [1.82, 2.24) is 9.55 Å². The van der Waals surface area contributed by atoms with Crippen molar-refractivity contribution in [1.29, 1.82) is 0 Å². The van der Waals surface area contributed by atoms with Crippen LogP contribution < -0.4 is 10.6 Å². The standard InChI is InChI=1S/C14H24N4/c1-4-7-17-10-13(5-2)16-14(17)18-8-6-12(9-18)11(3)15/h4,10-12H,1,5-9,15H2,2-3H3. The van der Waals surface area contributed by atoms with Crippen LogP contribution in [-0.4, -0.2) is 28.7 Å². The van der Waals surface area contributed by atoms with Gasteiger partial charge in [-0.2, -0.15) is 0 Å². The second-order valence-corrected chi connectivity index (χ2v) is 5.18. The average molecular weight is 248 g/mol. The van der Waals surface area contributed by atoms with Gasteiger partial charge in [-0.15, -0.1) is 6.58 Å². The van der Waals surface area contributed by atoms with Crippen LogP contribution in [0.3, 0.4) is 0 Å². The van der Waals surface area contributed by atoms with Crippen molar-refractivity contribution in [3.8, 4) is 0 Å². The van der Waals surface area contributed by atoms with E-state index in [4.69, 9.17) is 10.7 Å². The third-order valence-corrected chi connectivity index (χ3v) is 3.74. The first-order chi connectivity index (χ1) is 8.65. The van der Waals surface area contributed by atoms with Gasteiger partial charge < -0.3 is 15.2 Å². The first kappa shape index (κ1) is 13.1. The molecule has 2 heterocycles. The Hall–Kier alpha value is -1.29. The van der Waals surface area contributed by atoms with Crippen LogP contribution >= 0.6 is 0 Å². The fourth-order valence-corrected chi connectivity index (χ4v) is 2.55. The predicted octanol–water partition coefficient (Wildman–Crippen LogP) is 1.80. The Balaban J connectivity index is 2.17. The van der Waals surface area contributed by atoms with E-state index in [1.807, 2.05) is 6.08 Å². The van der Waals surface area contributed by atoms with Crippen molar-refractivity contribution in [2.24, 2.45) is 11.7 Å². The number of imidazole rings is 1. The molecule has 2 N–H and O–H groups in total. The summed E-state index contributed by atoms with van der Waals surface area (Å²) < 4.78 is 2.19. The molecule has 1 saturated heterocycles. The Morgan fingerprint density at radius 1 is 1.67 bits per heavy atom. The van der Waals surface area contributed by atoms with Crippen LogP contribution in [0.1, 0.15) is 26.0 Å². The monoisotopic (exact) mass is 248 g/mol. The van der Waals surface area contributed by atoms with Crippen molar-refractivity contribution < 1.29 is 0 Å². The molecule has 2 unspecified atom stereocenters. The summed E-state index contributed by atoms with van der Waals surface area (Å²) in [7, 11) is 0. The number of hydrogen-bond donors (Lipinski definition) is 1. The summed E-state index contributed by atoms with van der Waals surface area (Å²) in [5.41, 5.74) is 7.15. The van der Waals surface area contributed by atoms with E-state index in [-0.39, 0.29) is 6.04 Å². The maximum atomic E-state index is 6.00. The van der Waals surface area contributed by atoms with Crippen molar-refractivity contribution in [2.75, 3.05) is 18.0 Å². The van der Waals surface area contributed by atoms with Gasteiger partial charge in [0, 0.05) is 31.9 Å². The molecule has 1 aromatic rings. The molecule has 1 fully saturated rings. The Kier molecular flexibility index (Phi) is 4.07. The zero-order chi connectivity index (χ0) is 13.1. The summed E-state index contributed by atoms with van der Waals surface area (Å²) in [5.74, 6) is 1.67. The quantitative estimate of drug-likeness (QED) is 0.808. The predicted molar refractivity (Wildman–Crippen MR) is 75.8 cm³/mol. The van der Waals surface area contributed by atoms with E-state index in [0.29, 0.717) is 5.92 Å². The molecule has 1 aliphatic rings. The van der Waals surface area contributed by atoms with Gasteiger partial charge in [-0.05, 0) is 25.7 Å². The van der Waals surface area contributed by atoms with E-state index in [2.05, 4.69) is 36.1 Å². The highest BCUT2D eigenvalue weighted by Gasteiger charge is 2.27. The highest BCUT2D eigenvalue weighted by atomic mass is 15.3. The summed E-state index contributed by atoms with van der Waals surface area (Å²) >= 11 is 0. The number of aromatic nitrogens is 2. The molecule has 2 rings (SSSR count). The minimum absolute atomic E-state index is 0.267. The second kappa shape index (κ2) is 5.57. The third kappa shape index (κ3) is 2.58. The number of allylic oxidation sites excluding steroid dienone is 1. The molecule has 100 valence electrons. The van der Waals surface area contributed by atoms with E-state index in [1.165, 1.54) is 6.42 Å².